The minimum atomic E-state index is -0.00657. The van der Waals surface area contributed by atoms with Crippen molar-refractivity contribution < 1.29 is 4.42 Å². The van der Waals surface area contributed by atoms with Gasteiger partial charge >= 0.3 is 0 Å². The van der Waals surface area contributed by atoms with Crippen molar-refractivity contribution in [3.63, 3.8) is 0 Å². The molecule has 0 bridgehead atoms. The van der Waals surface area contributed by atoms with Crippen molar-refractivity contribution >= 4 is 38.2 Å². The van der Waals surface area contributed by atoms with Gasteiger partial charge in [0.1, 0.15) is 16.9 Å². The van der Waals surface area contributed by atoms with Gasteiger partial charge in [-0.15, -0.1) is 0 Å². The summed E-state index contributed by atoms with van der Waals surface area (Å²) in [6, 6.07) is 10.0. The molecule has 3 heterocycles. The van der Waals surface area contributed by atoms with Crippen LogP contribution in [0.25, 0.3) is 16.5 Å². The van der Waals surface area contributed by atoms with Crippen molar-refractivity contribution in [1.29, 1.82) is 0 Å². The summed E-state index contributed by atoms with van der Waals surface area (Å²) in [6.07, 6.45) is 5.30. The first-order valence-corrected chi connectivity index (χ1v) is 7.74. The average Bonchev–Trinajstić information content (AvgIpc) is 3.12. The van der Waals surface area contributed by atoms with E-state index in [4.69, 9.17) is 4.42 Å². The molecule has 1 aromatic carbocycles. The summed E-state index contributed by atoms with van der Waals surface area (Å²) in [5, 5.41) is 8.75. The molecule has 0 amide bonds. The fourth-order valence-corrected chi connectivity index (χ4v) is 2.97. The van der Waals surface area contributed by atoms with Crippen molar-refractivity contribution in [2.24, 2.45) is 0 Å². The van der Waals surface area contributed by atoms with E-state index in [1.165, 1.54) is 0 Å². The quantitative estimate of drug-likeness (QED) is 0.590. The Bertz CT molecular complexity index is 926. The van der Waals surface area contributed by atoms with Gasteiger partial charge in [0.15, 0.2) is 5.82 Å². The third-order valence-corrected chi connectivity index (χ3v) is 4.19. The highest BCUT2D eigenvalue weighted by Gasteiger charge is 2.15. The van der Waals surface area contributed by atoms with Crippen LogP contribution in [0.5, 0.6) is 0 Å². The number of anilines is 1. The fourth-order valence-electron chi connectivity index (χ4n) is 2.51. The smallest absolute Gasteiger partial charge is 0.153 e. The number of nitrogens with one attached hydrogen (secondary N) is 1. The van der Waals surface area contributed by atoms with E-state index in [0.29, 0.717) is 0 Å². The lowest BCUT2D eigenvalue weighted by Crippen LogP contribution is -2.08. The van der Waals surface area contributed by atoms with Crippen LogP contribution in [-0.2, 0) is 0 Å². The molecular weight excluding hydrogens is 344 g/mol. The Hall–Kier alpha value is -2.34. The summed E-state index contributed by atoms with van der Waals surface area (Å²) in [4.78, 5) is 4.42. The molecule has 0 radical (unpaired) electrons. The van der Waals surface area contributed by atoms with Crippen LogP contribution in [0.2, 0.25) is 0 Å². The van der Waals surface area contributed by atoms with Crippen LogP contribution in [-0.4, -0.2) is 14.6 Å². The van der Waals surface area contributed by atoms with Gasteiger partial charge in [0.05, 0.1) is 16.7 Å². The fraction of sp³-hybridized carbons (Fsp3) is 0.125. The molecule has 0 aliphatic heterocycles. The number of aromatic nitrogens is 3. The predicted octanol–water partition coefficient (Wildman–Crippen LogP) is 4.41. The normalized spacial score (nSPS) is 12.8. The predicted molar refractivity (Wildman–Crippen MR) is 88.9 cm³/mol. The lowest BCUT2D eigenvalue weighted by atomic mass is 10.2. The maximum absolute atomic E-state index is 5.90. The van der Waals surface area contributed by atoms with E-state index in [0.717, 1.165) is 32.5 Å². The standard InChI is InChI=1S/C16H13BrN4O/c1-10(14-8-11-4-2-3-5-13(11)22-14)20-16-15-12(17)9-19-21(15)7-6-18-16/h2-10H,1H3,(H,18,20). The van der Waals surface area contributed by atoms with Gasteiger partial charge in [-0.05, 0) is 35.0 Å². The number of benzene rings is 1. The van der Waals surface area contributed by atoms with E-state index < -0.39 is 0 Å². The monoisotopic (exact) mass is 356 g/mol. The lowest BCUT2D eigenvalue weighted by Gasteiger charge is -2.13. The number of furan rings is 1. The van der Waals surface area contributed by atoms with Gasteiger partial charge in [-0.2, -0.15) is 5.10 Å². The van der Waals surface area contributed by atoms with Crippen molar-refractivity contribution in [2.75, 3.05) is 5.32 Å². The van der Waals surface area contributed by atoms with Gasteiger partial charge < -0.3 is 9.73 Å². The molecule has 110 valence electrons. The molecule has 0 saturated carbocycles. The van der Waals surface area contributed by atoms with Crippen LogP contribution in [0, 0.1) is 0 Å². The number of halogens is 1. The van der Waals surface area contributed by atoms with Crippen LogP contribution in [0.4, 0.5) is 5.82 Å². The molecule has 5 nitrogen and oxygen atoms in total. The maximum atomic E-state index is 5.90. The first-order chi connectivity index (χ1) is 10.7. The van der Waals surface area contributed by atoms with Crippen LogP contribution in [0.1, 0.15) is 18.7 Å². The SMILES string of the molecule is CC(Nc1nccn2ncc(Br)c12)c1cc2ccccc2o1. The van der Waals surface area contributed by atoms with Crippen molar-refractivity contribution in [3.8, 4) is 0 Å². The Labute approximate surface area is 135 Å². The topological polar surface area (TPSA) is 55.4 Å². The highest BCUT2D eigenvalue weighted by Crippen LogP contribution is 2.29. The number of rotatable bonds is 3. The lowest BCUT2D eigenvalue weighted by molar-refractivity contribution is 0.525. The molecule has 3 aromatic heterocycles. The van der Waals surface area contributed by atoms with E-state index in [9.17, 15) is 0 Å². The Kier molecular flexibility index (Phi) is 3.11. The van der Waals surface area contributed by atoms with Gasteiger partial charge in [0.25, 0.3) is 0 Å². The number of fused-ring (bicyclic) bond motifs is 2. The zero-order valence-electron chi connectivity index (χ0n) is 11.8. The molecule has 0 saturated heterocycles. The number of para-hydroxylation sites is 1. The minimum absolute atomic E-state index is 0.00657. The average molecular weight is 357 g/mol. The van der Waals surface area contributed by atoms with E-state index in [-0.39, 0.29) is 6.04 Å². The largest absolute Gasteiger partial charge is 0.459 e. The van der Waals surface area contributed by atoms with Gasteiger partial charge in [-0.25, -0.2) is 9.50 Å². The van der Waals surface area contributed by atoms with E-state index in [1.807, 2.05) is 37.4 Å². The molecule has 1 atom stereocenters. The summed E-state index contributed by atoms with van der Waals surface area (Å²) in [5.74, 6) is 1.64. The summed E-state index contributed by atoms with van der Waals surface area (Å²) >= 11 is 3.51. The Morgan fingerprint density at radius 3 is 3.05 bits per heavy atom. The van der Waals surface area contributed by atoms with Gasteiger partial charge in [0.2, 0.25) is 0 Å². The molecule has 4 aromatic rings. The van der Waals surface area contributed by atoms with E-state index >= 15 is 0 Å². The summed E-state index contributed by atoms with van der Waals surface area (Å²) < 4.78 is 8.59. The van der Waals surface area contributed by atoms with Gasteiger partial charge in [0, 0.05) is 17.8 Å². The van der Waals surface area contributed by atoms with Crippen LogP contribution >= 0.6 is 15.9 Å². The third kappa shape index (κ3) is 2.16. The van der Waals surface area contributed by atoms with Gasteiger partial charge in [-0.3, -0.25) is 0 Å². The second-order valence-electron chi connectivity index (χ2n) is 5.11. The number of hydrogen-bond donors (Lipinski definition) is 1. The summed E-state index contributed by atoms with van der Waals surface area (Å²) in [5.41, 5.74) is 1.80. The molecule has 0 aliphatic carbocycles. The minimum Gasteiger partial charge on any atom is -0.459 e. The van der Waals surface area contributed by atoms with Crippen LogP contribution in [0.3, 0.4) is 0 Å². The molecule has 4 rings (SSSR count). The summed E-state index contributed by atoms with van der Waals surface area (Å²) in [6.45, 7) is 2.05. The van der Waals surface area contributed by atoms with Gasteiger partial charge in [-0.1, -0.05) is 18.2 Å². The Morgan fingerprint density at radius 1 is 1.32 bits per heavy atom. The zero-order chi connectivity index (χ0) is 15.1. The Morgan fingerprint density at radius 2 is 2.18 bits per heavy atom. The molecule has 6 heteroatoms. The zero-order valence-corrected chi connectivity index (χ0v) is 13.4. The second kappa shape index (κ2) is 5.14. The number of nitrogens with zero attached hydrogens (tertiary/aromatic N) is 3. The molecule has 1 unspecified atom stereocenters. The molecule has 0 fully saturated rings. The Balaban J connectivity index is 1.71. The van der Waals surface area contributed by atoms with Crippen LogP contribution in [0.15, 0.2) is 57.8 Å². The third-order valence-electron chi connectivity index (χ3n) is 3.61. The first kappa shape index (κ1) is 13.3. The highest BCUT2D eigenvalue weighted by atomic mass is 79.9. The van der Waals surface area contributed by atoms with Crippen LogP contribution < -0.4 is 5.32 Å². The molecule has 0 spiro atoms. The molecular formula is C16H13BrN4O. The number of hydrogen-bond acceptors (Lipinski definition) is 4. The molecule has 1 N–H and O–H groups in total. The molecule has 0 aliphatic rings. The van der Waals surface area contributed by atoms with E-state index in [2.05, 4.69) is 37.4 Å². The second-order valence-corrected chi connectivity index (χ2v) is 5.97. The van der Waals surface area contributed by atoms with Crippen molar-refractivity contribution in [3.05, 3.63) is 59.2 Å². The summed E-state index contributed by atoms with van der Waals surface area (Å²) in [7, 11) is 0. The van der Waals surface area contributed by atoms with E-state index in [1.54, 1.807) is 16.9 Å². The van der Waals surface area contributed by atoms with Crippen molar-refractivity contribution in [1.82, 2.24) is 14.6 Å². The maximum Gasteiger partial charge on any atom is 0.153 e. The van der Waals surface area contributed by atoms with Crippen molar-refractivity contribution in [2.45, 2.75) is 13.0 Å². The highest BCUT2D eigenvalue weighted by molar-refractivity contribution is 9.10. The molecule has 22 heavy (non-hydrogen) atoms. The first-order valence-electron chi connectivity index (χ1n) is 6.95.